The van der Waals surface area contributed by atoms with Gasteiger partial charge in [0.15, 0.2) is 0 Å². The van der Waals surface area contributed by atoms with E-state index in [4.69, 9.17) is 4.52 Å². The molecule has 4 aromatic rings. The highest BCUT2D eigenvalue weighted by Crippen LogP contribution is 2.26. The predicted molar refractivity (Wildman–Crippen MR) is 136 cm³/mol. The normalized spacial score (nSPS) is 12.6. The highest BCUT2D eigenvalue weighted by molar-refractivity contribution is 7.89. The van der Waals surface area contributed by atoms with Crippen molar-refractivity contribution in [3.8, 4) is 22.8 Å². The van der Waals surface area contributed by atoms with Crippen molar-refractivity contribution in [3.05, 3.63) is 89.0 Å². The van der Waals surface area contributed by atoms with Crippen molar-refractivity contribution in [2.75, 3.05) is 0 Å². The monoisotopic (exact) mass is 541 g/mol. The third kappa shape index (κ3) is 5.95. The van der Waals surface area contributed by atoms with Crippen LogP contribution in [0.3, 0.4) is 0 Å². The van der Waals surface area contributed by atoms with Crippen molar-refractivity contribution in [1.82, 2.24) is 14.9 Å². The number of aryl methyl sites for hydroxylation is 1. The molecule has 0 aliphatic rings. The van der Waals surface area contributed by atoms with E-state index in [2.05, 4.69) is 14.9 Å². The van der Waals surface area contributed by atoms with E-state index in [1.54, 1.807) is 19.1 Å². The summed E-state index contributed by atoms with van der Waals surface area (Å²) in [4.78, 5) is 15.9. The summed E-state index contributed by atoms with van der Waals surface area (Å²) in [7, 11) is -4.14. The largest absolute Gasteiger partial charge is 0.480 e. The van der Waals surface area contributed by atoms with E-state index in [0.717, 1.165) is 11.6 Å². The van der Waals surface area contributed by atoms with Gasteiger partial charge in [-0.2, -0.15) is 9.71 Å². The van der Waals surface area contributed by atoms with Crippen LogP contribution in [0.15, 0.2) is 70.1 Å². The summed E-state index contributed by atoms with van der Waals surface area (Å²) in [6.45, 7) is 5.52. The van der Waals surface area contributed by atoms with E-state index in [0.29, 0.717) is 11.1 Å². The number of rotatable bonds is 9. The van der Waals surface area contributed by atoms with Gasteiger partial charge in [-0.25, -0.2) is 17.2 Å². The Morgan fingerprint density at radius 1 is 1.03 bits per heavy atom. The Kier molecular flexibility index (Phi) is 7.70. The lowest BCUT2D eigenvalue weighted by Gasteiger charge is -2.16. The van der Waals surface area contributed by atoms with Crippen LogP contribution in [0, 0.1) is 18.6 Å². The summed E-state index contributed by atoms with van der Waals surface area (Å²) in [5, 5.41) is 13.4. The molecule has 0 bridgehead atoms. The molecular formula is C27H25F2N3O5S. The van der Waals surface area contributed by atoms with Gasteiger partial charge in [0, 0.05) is 5.56 Å². The number of nitrogens with one attached hydrogen (secondary N) is 1. The highest BCUT2D eigenvalue weighted by Gasteiger charge is 2.26. The first-order chi connectivity index (χ1) is 17.9. The van der Waals surface area contributed by atoms with Gasteiger partial charge in [0.2, 0.25) is 15.8 Å². The van der Waals surface area contributed by atoms with Crippen LogP contribution in [0.2, 0.25) is 0 Å². The molecule has 3 aromatic carbocycles. The van der Waals surface area contributed by atoms with E-state index in [1.807, 2.05) is 13.8 Å². The molecule has 0 fully saturated rings. The van der Waals surface area contributed by atoms with E-state index in [9.17, 15) is 27.1 Å². The van der Waals surface area contributed by atoms with E-state index in [1.165, 1.54) is 42.5 Å². The zero-order valence-electron chi connectivity index (χ0n) is 20.8. The average Bonchev–Trinajstić information content (AvgIpc) is 3.35. The number of carboxylic acids is 1. The lowest BCUT2D eigenvalue weighted by atomic mass is 10.0. The second kappa shape index (κ2) is 10.8. The number of carbonyl (C=O) groups is 1. The zero-order chi connectivity index (χ0) is 27.6. The topological polar surface area (TPSA) is 122 Å². The first-order valence-electron chi connectivity index (χ1n) is 11.7. The number of aliphatic carboxylic acids is 1. The van der Waals surface area contributed by atoms with Crippen molar-refractivity contribution in [1.29, 1.82) is 0 Å². The molecule has 11 heteroatoms. The summed E-state index contributed by atoms with van der Waals surface area (Å²) >= 11 is 0. The molecule has 38 heavy (non-hydrogen) atoms. The second-order valence-electron chi connectivity index (χ2n) is 9.14. The van der Waals surface area contributed by atoms with Crippen molar-refractivity contribution in [3.63, 3.8) is 0 Å². The van der Waals surface area contributed by atoms with E-state index >= 15 is 0 Å². The fourth-order valence-electron chi connectivity index (χ4n) is 3.80. The lowest BCUT2D eigenvalue weighted by Crippen LogP contribution is -2.42. The fraction of sp³-hybridized carbons (Fsp3) is 0.222. The van der Waals surface area contributed by atoms with Crippen LogP contribution >= 0.6 is 0 Å². The minimum Gasteiger partial charge on any atom is -0.480 e. The molecule has 2 N–H and O–H groups in total. The van der Waals surface area contributed by atoms with E-state index in [-0.39, 0.29) is 45.9 Å². The highest BCUT2D eigenvalue weighted by atomic mass is 32.2. The molecule has 0 radical (unpaired) electrons. The van der Waals surface area contributed by atoms with Crippen LogP contribution in [-0.2, 0) is 21.2 Å². The third-order valence-corrected chi connectivity index (χ3v) is 7.49. The summed E-state index contributed by atoms with van der Waals surface area (Å²) in [5.74, 6) is -2.31. The molecule has 0 amide bonds. The van der Waals surface area contributed by atoms with Crippen LogP contribution in [0.5, 0.6) is 0 Å². The molecule has 4 rings (SSSR count). The summed E-state index contributed by atoms with van der Waals surface area (Å²) in [6, 6.07) is 12.8. The molecule has 1 heterocycles. The SMILES string of the molecule is Cc1cc(-c2nc(-c3ccc(CC(NS(=O)(=O)c4ccc(C(C)C)cc4)C(=O)O)cc3F)no2)ccc1F. The minimum absolute atomic E-state index is 0.000261. The zero-order valence-corrected chi connectivity index (χ0v) is 21.6. The molecule has 0 aliphatic heterocycles. The smallest absolute Gasteiger partial charge is 0.322 e. The van der Waals surface area contributed by atoms with Gasteiger partial charge in [-0.3, -0.25) is 4.79 Å². The number of sulfonamides is 1. The number of carboxylic acid groups (broad SMARTS) is 1. The Morgan fingerprint density at radius 2 is 1.74 bits per heavy atom. The Balaban J connectivity index is 1.52. The maximum absolute atomic E-state index is 15.0. The minimum atomic E-state index is -4.14. The van der Waals surface area contributed by atoms with Crippen molar-refractivity contribution in [2.45, 2.75) is 44.0 Å². The van der Waals surface area contributed by atoms with Gasteiger partial charge in [-0.15, -0.1) is 0 Å². The predicted octanol–water partition coefficient (Wildman–Crippen LogP) is 5.09. The molecule has 0 spiro atoms. The molecule has 8 nitrogen and oxygen atoms in total. The molecule has 198 valence electrons. The second-order valence-corrected chi connectivity index (χ2v) is 10.9. The van der Waals surface area contributed by atoms with Crippen molar-refractivity contribution in [2.24, 2.45) is 0 Å². The number of halogens is 2. The van der Waals surface area contributed by atoms with Crippen LogP contribution in [-0.4, -0.2) is 35.7 Å². The summed E-state index contributed by atoms with van der Waals surface area (Å²) < 4.78 is 61.5. The fourth-order valence-corrected chi connectivity index (χ4v) is 4.99. The molecular weight excluding hydrogens is 516 g/mol. The Hall–Kier alpha value is -3.96. The third-order valence-electron chi connectivity index (χ3n) is 6.00. The number of hydrogen-bond donors (Lipinski definition) is 2. The Morgan fingerprint density at radius 3 is 2.34 bits per heavy atom. The molecule has 1 atom stereocenters. The van der Waals surface area contributed by atoms with Gasteiger partial charge in [-0.05, 0) is 78.4 Å². The maximum Gasteiger partial charge on any atom is 0.322 e. The Bertz CT molecular complexity index is 1580. The first-order valence-corrected chi connectivity index (χ1v) is 13.2. The number of hydrogen-bond acceptors (Lipinski definition) is 6. The van der Waals surface area contributed by atoms with Gasteiger partial charge >= 0.3 is 5.97 Å². The van der Waals surface area contributed by atoms with Gasteiger partial charge in [0.25, 0.3) is 5.89 Å². The van der Waals surface area contributed by atoms with Crippen LogP contribution in [0.4, 0.5) is 8.78 Å². The van der Waals surface area contributed by atoms with Crippen LogP contribution in [0.1, 0.15) is 36.5 Å². The van der Waals surface area contributed by atoms with Gasteiger partial charge in [0.1, 0.15) is 17.7 Å². The molecule has 0 saturated heterocycles. The average molecular weight is 542 g/mol. The number of nitrogens with zero attached hydrogens (tertiary/aromatic N) is 2. The van der Waals surface area contributed by atoms with Crippen molar-refractivity contribution < 1.29 is 31.6 Å². The molecule has 1 unspecified atom stereocenters. The molecule has 0 aliphatic carbocycles. The summed E-state index contributed by atoms with van der Waals surface area (Å²) in [6.07, 6.45) is -0.303. The molecule has 0 saturated carbocycles. The van der Waals surface area contributed by atoms with Crippen molar-refractivity contribution >= 4 is 16.0 Å². The first kappa shape index (κ1) is 27.1. The van der Waals surface area contributed by atoms with Gasteiger partial charge < -0.3 is 9.63 Å². The number of benzene rings is 3. The number of aromatic nitrogens is 2. The Labute approximate surface area is 218 Å². The molecule has 1 aromatic heterocycles. The lowest BCUT2D eigenvalue weighted by molar-refractivity contribution is -0.138. The standard InChI is InChI=1S/C27H25F2N3O5S/c1-15(2)18-5-8-20(9-6-18)38(35,36)32-24(27(33)34)14-17-4-10-21(23(29)13-17)25-30-26(37-31-25)19-7-11-22(28)16(3)12-19/h4-13,15,24,32H,14H2,1-3H3,(H,33,34). The van der Waals surface area contributed by atoms with E-state index < -0.39 is 27.9 Å². The maximum atomic E-state index is 15.0. The van der Waals surface area contributed by atoms with Gasteiger partial charge in [0.05, 0.1) is 10.5 Å². The van der Waals surface area contributed by atoms with Gasteiger partial charge in [-0.1, -0.05) is 37.2 Å². The quantitative estimate of drug-likeness (QED) is 0.303. The summed E-state index contributed by atoms with van der Waals surface area (Å²) in [5.41, 5.74) is 2.04. The van der Waals surface area contributed by atoms with Crippen LogP contribution < -0.4 is 4.72 Å². The van der Waals surface area contributed by atoms with Crippen LogP contribution in [0.25, 0.3) is 22.8 Å².